The molecule has 1 aromatic heterocycles. The van der Waals surface area contributed by atoms with E-state index in [9.17, 15) is 0 Å². The predicted octanol–water partition coefficient (Wildman–Crippen LogP) is 1.82. The number of nitrogens with two attached hydrogens (primary N) is 1. The van der Waals surface area contributed by atoms with Crippen LogP contribution in [0.1, 0.15) is 31.2 Å². The van der Waals surface area contributed by atoms with Crippen LogP contribution < -0.4 is 10.4 Å². The molecule has 2 N–H and O–H groups in total. The first-order valence-corrected chi connectivity index (χ1v) is 5.82. The minimum absolute atomic E-state index is 0.489. The summed E-state index contributed by atoms with van der Waals surface area (Å²) >= 11 is 0. The normalized spacial score (nSPS) is 19.8. The second-order valence-corrected chi connectivity index (χ2v) is 4.47. The van der Waals surface area contributed by atoms with Crippen LogP contribution in [-0.2, 0) is 0 Å². The van der Waals surface area contributed by atoms with Crippen molar-refractivity contribution in [2.75, 3.05) is 13.1 Å². The van der Waals surface area contributed by atoms with Crippen molar-refractivity contribution in [1.29, 1.82) is 0 Å². The Kier molecular flexibility index (Phi) is 3.23. The Morgan fingerprint density at radius 3 is 2.50 bits per heavy atom. The van der Waals surface area contributed by atoms with Crippen molar-refractivity contribution in [3.05, 3.63) is 24.0 Å². The molecule has 0 atom stereocenters. The largest absolute Gasteiger partial charge is 0.257 e. The van der Waals surface area contributed by atoms with E-state index in [2.05, 4.69) is 10.9 Å². The first-order chi connectivity index (χ1) is 7.74. The van der Waals surface area contributed by atoms with Crippen LogP contribution in [0.3, 0.4) is 0 Å². The first kappa shape index (κ1) is 11.1. The van der Waals surface area contributed by atoms with Gasteiger partial charge in [0.15, 0.2) is 5.69 Å². The van der Waals surface area contributed by atoms with E-state index >= 15 is 0 Å². The van der Waals surface area contributed by atoms with Gasteiger partial charge in [0.2, 0.25) is 0 Å². The number of nitrogens with zero attached hydrogens (tertiary/aromatic N) is 2. The molecule has 84 valence electrons. The van der Waals surface area contributed by atoms with Gasteiger partial charge in [-0.15, -0.1) is 6.42 Å². The van der Waals surface area contributed by atoms with E-state index in [0.29, 0.717) is 4.59 Å². The molecule has 0 bridgehead atoms. The fourth-order valence-electron chi connectivity index (χ4n) is 2.26. The maximum atomic E-state index is 6.43. The van der Waals surface area contributed by atoms with Crippen molar-refractivity contribution in [3.8, 4) is 12.3 Å². The number of hydrogen-bond donors (Lipinski definition) is 1. The molecule has 0 amide bonds. The Balaban J connectivity index is 2.30. The van der Waals surface area contributed by atoms with Gasteiger partial charge in [-0.3, -0.25) is 4.98 Å². The SMILES string of the molecule is C#Cc1cncc([N+]2(N)CCCCCC2)c1. The molecule has 1 aliphatic heterocycles. The molecule has 2 rings (SSSR count). The highest BCUT2D eigenvalue weighted by Crippen LogP contribution is 2.23. The number of terminal acetylenes is 1. The van der Waals surface area contributed by atoms with E-state index in [1.807, 2.05) is 12.3 Å². The molecule has 1 aliphatic rings. The molecule has 1 fully saturated rings. The minimum Gasteiger partial charge on any atom is -0.257 e. The van der Waals surface area contributed by atoms with Gasteiger partial charge in [-0.05, 0) is 25.7 Å². The molecule has 0 saturated carbocycles. The zero-order valence-electron chi connectivity index (χ0n) is 9.52. The van der Waals surface area contributed by atoms with Crippen LogP contribution in [-0.4, -0.2) is 18.1 Å². The molecule has 0 unspecified atom stereocenters. The summed E-state index contributed by atoms with van der Waals surface area (Å²) in [5.74, 6) is 9.04. The number of hydrogen-bond acceptors (Lipinski definition) is 2. The van der Waals surface area contributed by atoms with Crippen LogP contribution in [0.2, 0.25) is 0 Å². The summed E-state index contributed by atoms with van der Waals surface area (Å²) in [6.45, 7) is 1.96. The van der Waals surface area contributed by atoms with Gasteiger partial charge >= 0.3 is 0 Å². The number of quaternary nitrogens is 1. The molecule has 3 heteroatoms. The summed E-state index contributed by atoms with van der Waals surface area (Å²) in [7, 11) is 0. The molecule has 1 aromatic rings. The molecule has 3 nitrogen and oxygen atoms in total. The van der Waals surface area contributed by atoms with E-state index in [4.69, 9.17) is 12.3 Å². The highest BCUT2D eigenvalue weighted by atomic mass is 15.6. The van der Waals surface area contributed by atoms with Gasteiger partial charge in [-0.25, -0.2) is 4.59 Å². The zero-order valence-corrected chi connectivity index (χ0v) is 9.52. The quantitative estimate of drug-likeness (QED) is 0.442. The molecule has 0 radical (unpaired) electrons. The van der Waals surface area contributed by atoms with Crippen LogP contribution in [0, 0.1) is 12.3 Å². The Hall–Kier alpha value is -1.37. The Bertz CT molecular complexity index is 398. The van der Waals surface area contributed by atoms with Crippen molar-refractivity contribution in [3.63, 3.8) is 0 Å². The molecule has 2 heterocycles. The molecular formula is C13H18N3+. The van der Waals surface area contributed by atoms with Crippen LogP contribution in [0.4, 0.5) is 5.69 Å². The summed E-state index contributed by atoms with van der Waals surface area (Å²) in [6, 6.07) is 1.98. The van der Waals surface area contributed by atoms with Crippen LogP contribution >= 0.6 is 0 Å². The lowest BCUT2D eigenvalue weighted by molar-refractivity contribution is 0.291. The van der Waals surface area contributed by atoms with Crippen LogP contribution in [0.25, 0.3) is 0 Å². The Labute approximate surface area is 96.8 Å². The van der Waals surface area contributed by atoms with E-state index in [1.54, 1.807) is 6.20 Å². The number of pyridine rings is 1. The van der Waals surface area contributed by atoms with Gasteiger partial charge in [-0.1, -0.05) is 5.92 Å². The molecular weight excluding hydrogens is 198 g/mol. The maximum absolute atomic E-state index is 6.43. The van der Waals surface area contributed by atoms with Gasteiger partial charge in [0.25, 0.3) is 0 Å². The number of rotatable bonds is 1. The van der Waals surface area contributed by atoms with Gasteiger partial charge < -0.3 is 0 Å². The number of aromatic nitrogens is 1. The van der Waals surface area contributed by atoms with Gasteiger partial charge in [0.1, 0.15) is 13.1 Å². The van der Waals surface area contributed by atoms with Gasteiger partial charge in [0, 0.05) is 17.8 Å². The third-order valence-electron chi connectivity index (χ3n) is 3.27. The topological polar surface area (TPSA) is 38.9 Å². The van der Waals surface area contributed by atoms with E-state index < -0.39 is 0 Å². The van der Waals surface area contributed by atoms with Crippen molar-refractivity contribution < 1.29 is 0 Å². The summed E-state index contributed by atoms with van der Waals surface area (Å²) in [5.41, 5.74) is 1.85. The fourth-order valence-corrected chi connectivity index (χ4v) is 2.26. The smallest absolute Gasteiger partial charge is 0.171 e. The third kappa shape index (κ3) is 2.24. The van der Waals surface area contributed by atoms with Crippen molar-refractivity contribution >= 4 is 5.69 Å². The fraction of sp³-hybridized carbons (Fsp3) is 0.462. The lowest BCUT2D eigenvalue weighted by atomic mass is 10.2. The first-order valence-electron chi connectivity index (χ1n) is 5.82. The van der Waals surface area contributed by atoms with Crippen molar-refractivity contribution in [2.45, 2.75) is 25.7 Å². The third-order valence-corrected chi connectivity index (χ3v) is 3.27. The average molecular weight is 216 g/mol. The Morgan fingerprint density at radius 2 is 1.88 bits per heavy atom. The zero-order chi connectivity index (χ0) is 11.4. The highest BCUT2D eigenvalue weighted by molar-refractivity contribution is 5.46. The summed E-state index contributed by atoms with van der Waals surface area (Å²) in [6.07, 6.45) is 13.8. The summed E-state index contributed by atoms with van der Waals surface area (Å²) < 4.78 is 0.489. The summed E-state index contributed by atoms with van der Waals surface area (Å²) in [5, 5.41) is 0. The van der Waals surface area contributed by atoms with Crippen molar-refractivity contribution in [2.24, 2.45) is 5.84 Å². The van der Waals surface area contributed by atoms with Gasteiger partial charge in [-0.2, -0.15) is 5.84 Å². The van der Waals surface area contributed by atoms with Crippen LogP contribution in [0.5, 0.6) is 0 Å². The average Bonchev–Trinajstić information content (AvgIpc) is 2.55. The minimum atomic E-state index is 0.489. The maximum Gasteiger partial charge on any atom is 0.171 e. The lowest BCUT2D eigenvalue weighted by Gasteiger charge is -2.30. The molecule has 1 saturated heterocycles. The molecule has 0 spiro atoms. The highest BCUT2D eigenvalue weighted by Gasteiger charge is 2.28. The van der Waals surface area contributed by atoms with Crippen LogP contribution in [0.15, 0.2) is 18.5 Å². The van der Waals surface area contributed by atoms with Crippen molar-refractivity contribution in [1.82, 2.24) is 9.58 Å². The second-order valence-electron chi connectivity index (χ2n) is 4.47. The molecule has 0 aromatic carbocycles. The second kappa shape index (κ2) is 4.65. The predicted molar refractivity (Wildman–Crippen MR) is 66.4 cm³/mol. The van der Waals surface area contributed by atoms with E-state index in [1.165, 1.54) is 25.7 Å². The van der Waals surface area contributed by atoms with E-state index in [0.717, 1.165) is 24.3 Å². The lowest BCUT2D eigenvalue weighted by Crippen LogP contribution is -2.56. The standard InChI is InChI=1S/C13H18N3/c1-2-12-9-13(11-15-10-12)16(14)7-5-3-4-6-8-16/h1,9-11H,3-8,14H2/q+1. The van der Waals surface area contributed by atoms with Gasteiger partial charge in [0.05, 0.1) is 6.20 Å². The van der Waals surface area contributed by atoms with E-state index in [-0.39, 0.29) is 0 Å². The molecule has 0 aliphatic carbocycles. The summed E-state index contributed by atoms with van der Waals surface area (Å²) in [4.78, 5) is 4.17. The monoisotopic (exact) mass is 216 g/mol. The Morgan fingerprint density at radius 1 is 1.19 bits per heavy atom. The molecule has 16 heavy (non-hydrogen) atoms.